The molecule has 6 nitrogen and oxygen atoms in total. The van der Waals surface area contributed by atoms with E-state index in [1.807, 2.05) is 18.2 Å². The number of anilines is 1. The van der Waals surface area contributed by atoms with Crippen LogP contribution in [0.25, 0.3) is 0 Å². The molecule has 2 N–H and O–H groups in total. The first-order valence-corrected chi connectivity index (χ1v) is 10.8. The first-order chi connectivity index (χ1) is 13.0. The molecule has 0 atom stereocenters. The fraction of sp³-hybridized carbons (Fsp3) is 0.350. The number of hydrogen-bond donors (Lipinski definition) is 2. The van der Waals surface area contributed by atoms with Crippen molar-refractivity contribution in [1.29, 1.82) is 0 Å². The van der Waals surface area contributed by atoms with E-state index in [-0.39, 0.29) is 23.2 Å². The number of para-hydroxylation sites is 1. The number of rotatable bonds is 10. The lowest BCUT2D eigenvalue weighted by molar-refractivity contribution is 0.241. The predicted octanol–water partition coefficient (Wildman–Crippen LogP) is 2.68. The van der Waals surface area contributed by atoms with Crippen molar-refractivity contribution in [2.24, 2.45) is 0 Å². The molecule has 0 heterocycles. The highest BCUT2D eigenvalue weighted by Crippen LogP contribution is 2.12. The Bertz CT molecular complexity index is 796. The number of urea groups is 1. The molecule has 27 heavy (non-hydrogen) atoms. The summed E-state index contributed by atoms with van der Waals surface area (Å²) in [7, 11) is -3.38. The molecule has 0 saturated carbocycles. The number of hydrogen-bond acceptors (Lipinski definition) is 4. The fourth-order valence-electron chi connectivity index (χ4n) is 2.69. The number of benzene rings is 2. The van der Waals surface area contributed by atoms with Gasteiger partial charge in [-0.05, 0) is 37.6 Å². The minimum Gasteiger partial charge on any atom is -0.372 e. The van der Waals surface area contributed by atoms with Gasteiger partial charge in [-0.3, -0.25) is 0 Å². The number of nitrogens with zero attached hydrogens (tertiary/aromatic N) is 1. The van der Waals surface area contributed by atoms with E-state index < -0.39 is 9.84 Å². The number of amides is 2. The summed E-state index contributed by atoms with van der Waals surface area (Å²) >= 11 is 0. The van der Waals surface area contributed by atoms with Crippen molar-refractivity contribution in [3.05, 3.63) is 60.7 Å². The molecule has 0 spiro atoms. The summed E-state index contributed by atoms with van der Waals surface area (Å²) in [5.74, 6) is -0.123. The third-order valence-corrected chi connectivity index (χ3v) is 5.88. The van der Waals surface area contributed by atoms with Crippen LogP contribution in [0.1, 0.15) is 13.3 Å². The maximum absolute atomic E-state index is 12.1. The average Bonchev–Trinajstić information content (AvgIpc) is 2.69. The van der Waals surface area contributed by atoms with E-state index in [0.29, 0.717) is 6.54 Å². The highest BCUT2D eigenvalue weighted by Gasteiger charge is 2.13. The van der Waals surface area contributed by atoms with Gasteiger partial charge in [-0.25, -0.2) is 13.2 Å². The first-order valence-electron chi connectivity index (χ1n) is 9.12. The van der Waals surface area contributed by atoms with Crippen molar-refractivity contribution in [3.63, 3.8) is 0 Å². The molecule has 0 radical (unpaired) electrons. The van der Waals surface area contributed by atoms with Crippen LogP contribution in [-0.4, -0.2) is 46.4 Å². The molecule has 0 aliphatic rings. The van der Waals surface area contributed by atoms with E-state index in [2.05, 4.69) is 34.6 Å². The van der Waals surface area contributed by atoms with Crippen LogP contribution < -0.4 is 15.5 Å². The lowest BCUT2D eigenvalue weighted by atomic mass is 10.2. The molecule has 0 saturated heterocycles. The molecule has 2 amide bonds. The Morgan fingerprint density at radius 2 is 1.52 bits per heavy atom. The van der Waals surface area contributed by atoms with Gasteiger partial charge in [0.05, 0.1) is 10.6 Å². The third kappa shape index (κ3) is 6.94. The molecule has 2 aromatic carbocycles. The lowest BCUT2D eigenvalue weighted by Crippen LogP contribution is -2.39. The number of carbonyl (C=O) groups is 1. The van der Waals surface area contributed by atoms with Crippen molar-refractivity contribution in [1.82, 2.24) is 10.6 Å². The average molecular weight is 390 g/mol. The van der Waals surface area contributed by atoms with Crippen molar-refractivity contribution in [2.75, 3.05) is 36.8 Å². The van der Waals surface area contributed by atoms with Crippen LogP contribution in [-0.2, 0) is 9.84 Å². The SMILES string of the molecule is CCN(CCCNC(=O)NCCS(=O)(=O)c1ccccc1)c1ccccc1. The number of sulfone groups is 1. The van der Waals surface area contributed by atoms with Crippen molar-refractivity contribution in [3.8, 4) is 0 Å². The molecular weight excluding hydrogens is 362 g/mol. The van der Waals surface area contributed by atoms with Crippen LogP contribution in [0, 0.1) is 0 Å². The summed E-state index contributed by atoms with van der Waals surface area (Å²) in [6.45, 7) is 4.44. The standard InChI is InChI=1S/C20H27N3O3S/c1-2-23(18-10-5-3-6-11-18)16-9-14-21-20(24)22-15-17-27(25,26)19-12-7-4-8-13-19/h3-8,10-13H,2,9,14-17H2,1H3,(H2,21,22,24). The molecule has 0 aromatic heterocycles. The van der Waals surface area contributed by atoms with E-state index in [9.17, 15) is 13.2 Å². The molecule has 7 heteroatoms. The van der Waals surface area contributed by atoms with E-state index in [1.165, 1.54) is 0 Å². The monoisotopic (exact) mass is 389 g/mol. The lowest BCUT2D eigenvalue weighted by Gasteiger charge is -2.23. The number of nitrogens with one attached hydrogen (secondary N) is 2. The Hall–Kier alpha value is -2.54. The summed E-state index contributed by atoms with van der Waals surface area (Å²) in [4.78, 5) is 14.3. The Balaban J connectivity index is 1.65. The van der Waals surface area contributed by atoms with Crippen LogP contribution >= 0.6 is 0 Å². The molecule has 0 aliphatic carbocycles. The van der Waals surface area contributed by atoms with E-state index in [0.717, 1.165) is 25.2 Å². The van der Waals surface area contributed by atoms with E-state index in [1.54, 1.807) is 30.3 Å². The molecule has 146 valence electrons. The molecular formula is C20H27N3O3S. The zero-order valence-electron chi connectivity index (χ0n) is 15.6. The highest BCUT2D eigenvalue weighted by molar-refractivity contribution is 7.91. The predicted molar refractivity (Wildman–Crippen MR) is 109 cm³/mol. The van der Waals surface area contributed by atoms with Crippen molar-refractivity contribution >= 4 is 21.6 Å². The molecule has 0 fully saturated rings. The highest BCUT2D eigenvalue weighted by atomic mass is 32.2. The maximum Gasteiger partial charge on any atom is 0.314 e. The van der Waals surface area contributed by atoms with Crippen molar-refractivity contribution < 1.29 is 13.2 Å². The summed E-state index contributed by atoms with van der Waals surface area (Å²) in [5, 5.41) is 5.37. The fourth-order valence-corrected chi connectivity index (χ4v) is 3.87. The summed E-state index contributed by atoms with van der Waals surface area (Å²) in [5.41, 5.74) is 1.16. The molecule has 2 rings (SSSR count). The maximum atomic E-state index is 12.1. The van der Waals surface area contributed by atoms with E-state index >= 15 is 0 Å². The van der Waals surface area contributed by atoms with E-state index in [4.69, 9.17) is 0 Å². The van der Waals surface area contributed by atoms with Gasteiger partial charge in [-0.2, -0.15) is 0 Å². The molecule has 0 aliphatic heterocycles. The second-order valence-corrected chi connectivity index (χ2v) is 8.19. The quantitative estimate of drug-likeness (QED) is 0.613. The van der Waals surface area contributed by atoms with Gasteiger partial charge >= 0.3 is 6.03 Å². The van der Waals surface area contributed by atoms with Crippen LogP contribution in [0.2, 0.25) is 0 Å². The smallest absolute Gasteiger partial charge is 0.314 e. The summed E-state index contributed by atoms with van der Waals surface area (Å²) in [6, 6.07) is 18.0. The first kappa shape index (κ1) is 20.8. The minimum absolute atomic E-state index is 0.0775. The van der Waals surface area contributed by atoms with Gasteiger partial charge < -0.3 is 15.5 Å². The van der Waals surface area contributed by atoms with Gasteiger partial charge in [0.1, 0.15) is 0 Å². The largest absolute Gasteiger partial charge is 0.372 e. The Morgan fingerprint density at radius 1 is 0.926 bits per heavy atom. The molecule has 0 unspecified atom stereocenters. The van der Waals surface area contributed by atoms with Crippen LogP contribution in [0.15, 0.2) is 65.6 Å². The minimum atomic E-state index is -3.38. The van der Waals surface area contributed by atoms with Gasteiger partial charge in [0.2, 0.25) is 0 Å². The van der Waals surface area contributed by atoms with Crippen LogP contribution in [0.4, 0.5) is 10.5 Å². The topological polar surface area (TPSA) is 78.5 Å². The zero-order chi connectivity index (χ0) is 19.5. The molecule has 2 aromatic rings. The Kier molecular flexibility index (Phi) is 8.13. The summed E-state index contributed by atoms with van der Waals surface area (Å²) in [6.07, 6.45) is 0.804. The van der Waals surface area contributed by atoms with Gasteiger partial charge in [0, 0.05) is 31.9 Å². The van der Waals surface area contributed by atoms with Crippen LogP contribution in [0.3, 0.4) is 0 Å². The van der Waals surface area contributed by atoms with Gasteiger partial charge in [0.15, 0.2) is 9.84 Å². The summed E-state index contributed by atoms with van der Waals surface area (Å²) < 4.78 is 24.3. The second-order valence-electron chi connectivity index (χ2n) is 6.08. The van der Waals surface area contributed by atoms with Crippen LogP contribution in [0.5, 0.6) is 0 Å². The second kappa shape index (κ2) is 10.6. The van der Waals surface area contributed by atoms with Gasteiger partial charge in [-0.15, -0.1) is 0 Å². The Labute approximate surface area is 161 Å². The van der Waals surface area contributed by atoms with Gasteiger partial charge in [0.25, 0.3) is 0 Å². The Morgan fingerprint density at radius 3 is 2.15 bits per heavy atom. The third-order valence-electron chi connectivity index (χ3n) is 4.15. The van der Waals surface area contributed by atoms with Gasteiger partial charge in [-0.1, -0.05) is 36.4 Å². The van der Waals surface area contributed by atoms with Crippen molar-refractivity contribution in [2.45, 2.75) is 18.2 Å². The molecule has 0 bridgehead atoms. The number of carbonyl (C=O) groups excluding carboxylic acids is 1. The zero-order valence-corrected chi connectivity index (χ0v) is 16.4. The normalized spacial score (nSPS) is 11.0.